The maximum atomic E-state index is 10.8. The number of nitrogen functional groups attached to an aromatic ring is 1. The van der Waals surface area contributed by atoms with Crippen LogP contribution < -0.4 is 5.73 Å². The number of rotatable bonds is 5. The third-order valence-corrected chi connectivity index (χ3v) is 2.76. The van der Waals surface area contributed by atoms with Gasteiger partial charge in [-0.3, -0.25) is 9.13 Å². The first kappa shape index (κ1) is 13.6. The highest BCUT2D eigenvalue weighted by molar-refractivity contribution is 7.51. The topological polar surface area (TPSA) is 136 Å². The van der Waals surface area contributed by atoms with E-state index in [1.807, 2.05) is 0 Å². The fourth-order valence-electron chi connectivity index (χ4n) is 1.49. The lowest BCUT2D eigenvalue weighted by Crippen LogP contribution is -2.11. The summed E-state index contributed by atoms with van der Waals surface area (Å²) in [5.41, 5.74) is 6.41. The van der Waals surface area contributed by atoms with E-state index >= 15 is 0 Å². The number of nitrogens with two attached hydrogens (primary N) is 1. The number of nitrogens with zero attached hydrogens (tertiary/aromatic N) is 4. The van der Waals surface area contributed by atoms with E-state index in [2.05, 4.69) is 21.5 Å². The number of ether oxygens (including phenoxy) is 1. The maximum absolute atomic E-state index is 10.8. The minimum absolute atomic E-state index is 0.210. The molecule has 4 N–H and O–H groups in total. The first-order valence-corrected chi connectivity index (χ1v) is 6.94. The summed E-state index contributed by atoms with van der Waals surface area (Å²) in [7, 11) is -4.27. The normalized spacial score (nSPS) is 13.6. The lowest BCUT2D eigenvalue weighted by atomic mass is 10.4. The van der Waals surface area contributed by atoms with Gasteiger partial charge in [-0.1, -0.05) is 6.58 Å². The molecule has 9 nitrogen and oxygen atoms in total. The number of hydrogen-bond donors (Lipinski definition) is 3. The van der Waals surface area contributed by atoms with Crippen molar-refractivity contribution in [2.75, 3.05) is 12.1 Å². The molecule has 0 amide bonds. The van der Waals surface area contributed by atoms with Gasteiger partial charge in [0.1, 0.15) is 11.8 Å². The average molecular weight is 285 g/mol. The van der Waals surface area contributed by atoms with Crippen LogP contribution in [-0.2, 0) is 9.30 Å². The molecule has 0 saturated heterocycles. The van der Waals surface area contributed by atoms with Crippen LogP contribution in [0.5, 0.6) is 0 Å². The molecule has 2 rings (SSSR count). The summed E-state index contributed by atoms with van der Waals surface area (Å²) < 4.78 is 17.3. The van der Waals surface area contributed by atoms with Crippen molar-refractivity contribution >= 4 is 24.6 Å². The molecule has 0 radical (unpaired) electrons. The van der Waals surface area contributed by atoms with E-state index in [1.165, 1.54) is 23.3 Å². The van der Waals surface area contributed by atoms with Crippen LogP contribution in [0.15, 0.2) is 25.3 Å². The molecular weight excluding hydrogens is 273 g/mol. The highest BCUT2D eigenvalue weighted by atomic mass is 31.2. The smallest absolute Gasteiger partial charge is 0.351 e. The lowest BCUT2D eigenvalue weighted by Gasteiger charge is -2.16. The van der Waals surface area contributed by atoms with Gasteiger partial charge in [-0.05, 0) is 6.08 Å². The Labute approximate surface area is 107 Å². The zero-order chi connectivity index (χ0) is 14.0. The molecule has 2 aromatic rings. The molecule has 1 unspecified atom stereocenters. The molecule has 19 heavy (non-hydrogen) atoms. The number of hydrogen-bond acceptors (Lipinski definition) is 6. The largest absolute Gasteiger partial charge is 0.382 e. The third kappa shape index (κ3) is 2.96. The van der Waals surface area contributed by atoms with Crippen LogP contribution >= 0.6 is 7.60 Å². The summed E-state index contributed by atoms with van der Waals surface area (Å²) in [4.78, 5) is 29.4. The molecular formula is C9H12N5O4P. The maximum Gasteiger partial charge on any atom is 0.351 e. The number of aromatic nitrogens is 4. The second kappa shape index (κ2) is 5.06. The lowest BCUT2D eigenvalue weighted by molar-refractivity contribution is 0.0616. The first-order valence-electron chi connectivity index (χ1n) is 5.14. The van der Waals surface area contributed by atoms with Crippen molar-refractivity contribution in [2.24, 2.45) is 0 Å². The Bertz CT molecular complexity index is 651. The molecule has 1 atom stereocenters. The third-order valence-electron chi connectivity index (χ3n) is 2.28. The second-order valence-electron chi connectivity index (χ2n) is 3.67. The highest BCUT2D eigenvalue weighted by Gasteiger charge is 2.19. The van der Waals surface area contributed by atoms with Crippen molar-refractivity contribution in [3.05, 3.63) is 25.3 Å². The van der Waals surface area contributed by atoms with Crippen LogP contribution in [0, 0.1) is 0 Å². The highest BCUT2D eigenvalue weighted by Crippen LogP contribution is 2.36. The van der Waals surface area contributed by atoms with Gasteiger partial charge in [0, 0.05) is 0 Å². The van der Waals surface area contributed by atoms with Crippen molar-refractivity contribution in [3.63, 3.8) is 0 Å². The molecule has 0 aromatic carbocycles. The summed E-state index contributed by atoms with van der Waals surface area (Å²) in [6, 6.07) is 0. The van der Waals surface area contributed by atoms with Gasteiger partial charge in [-0.25, -0.2) is 15.0 Å². The minimum Gasteiger partial charge on any atom is -0.382 e. The van der Waals surface area contributed by atoms with Crippen LogP contribution in [0.1, 0.15) is 6.23 Å². The predicted octanol–water partition coefficient (Wildman–Crippen LogP) is 0.245. The zero-order valence-corrected chi connectivity index (χ0v) is 10.6. The van der Waals surface area contributed by atoms with E-state index in [9.17, 15) is 4.57 Å². The standard InChI is InChI=1S/C9H12N5O4P/c1-2-6(18-5-19(15,16)17)14-4-13-7-8(10)11-3-12-9(7)14/h2-4,6H,1,5H2,(H2,10,11,12)(H2,15,16,17). The molecule has 0 aliphatic rings. The molecule has 2 heterocycles. The number of imidazole rings is 1. The van der Waals surface area contributed by atoms with E-state index in [4.69, 9.17) is 20.3 Å². The second-order valence-corrected chi connectivity index (χ2v) is 5.26. The predicted molar refractivity (Wildman–Crippen MR) is 67.0 cm³/mol. The first-order chi connectivity index (χ1) is 8.92. The van der Waals surface area contributed by atoms with Gasteiger partial charge < -0.3 is 20.3 Å². The Morgan fingerprint density at radius 1 is 1.53 bits per heavy atom. The van der Waals surface area contributed by atoms with Crippen LogP contribution in [0.4, 0.5) is 5.82 Å². The Balaban J connectivity index is 2.34. The van der Waals surface area contributed by atoms with E-state index in [0.29, 0.717) is 11.2 Å². The number of fused-ring (bicyclic) bond motifs is 1. The molecule has 2 aromatic heterocycles. The number of anilines is 1. The van der Waals surface area contributed by atoms with Gasteiger partial charge in [0.25, 0.3) is 0 Å². The van der Waals surface area contributed by atoms with Crippen molar-refractivity contribution in [3.8, 4) is 0 Å². The summed E-state index contributed by atoms with van der Waals surface area (Å²) in [5.74, 6) is 0.210. The van der Waals surface area contributed by atoms with Gasteiger partial charge in [0.2, 0.25) is 0 Å². The van der Waals surface area contributed by atoms with Crippen molar-refractivity contribution in [2.45, 2.75) is 6.23 Å². The Morgan fingerprint density at radius 2 is 2.26 bits per heavy atom. The van der Waals surface area contributed by atoms with Gasteiger partial charge >= 0.3 is 7.60 Å². The SMILES string of the molecule is C=CC(OCP(=O)(O)O)n1cnc2c(N)ncnc21. The molecule has 0 spiro atoms. The molecule has 0 aliphatic carbocycles. The summed E-state index contributed by atoms with van der Waals surface area (Å²) in [6.07, 6.45) is 2.48. The van der Waals surface area contributed by atoms with Crippen LogP contribution in [-0.4, -0.2) is 35.7 Å². The molecule has 102 valence electrons. The van der Waals surface area contributed by atoms with E-state index in [-0.39, 0.29) is 5.82 Å². The van der Waals surface area contributed by atoms with Crippen molar-refractivity contribution < 1.29 is 19.1 Å². The van der Waals surface area contributed by atoms with E-state index in [0.717, 1.165) is 0 Å². The Morgan fingerprint density at radius 3 is 2.89 bits per heavy atom. The van der Waals surface area contributed by atoms with Crippen molar-refractivity contribution in [1.82, 2.24) is 19.5 Å². The van der Waals surface area contributed by atoms with E-state index < -0.39 is 20.2 Å². The van der Waals surface area contributed by atoms with Gasteiger partial charge in [0.15, 0.2) is 24.0 Å². The average Bonchev–Trinajstić information content (AvgIpc) is 2.74. The van der Waals surface area contributed by atoms with Crippen LogP contribution in [0.25, 0.3) is 11.2 Å². The molecule has 0 aliphatic heterocycles. The monoisotopic (exact) mass is 285 g/mol. The van der Waals surface area contributed by atoms with Crippen molar-refractivity contribution in [1.29, 1.82) is 0 Å². The molecule has 10 heteroatoms. The van der Waals surface area contributed by atoms with E-state index in [1.54, 1.807) is 0 Å². The minimum atomic E-state index is -4.27. The quantitative estimate of drug-likeness (QED) is 0.525. The summed E-state index contributed by atoms with van der Waals surface area (Å²) in [6.45, 7) is 3.55. The summed E-state index contributed by atoms with van der Waals surface area (Å²) in [5, 5.41) is 0. The summed E-state index contributed by atoms with van der Waals surface area (Å²) >= 11 is 0. The Kier molecular flexibility index (Phi) is 3.63. The van der Waals surface area contributed by atoms with Gasteiger partial charge in [-0.15, -0.1) is 0 Å². The van der Waals surface area contributed by atoms with Crippen LogP contribution in [0.2, 0.25) is 0 Å². The van der Waals surface area contributed by atoms with Gasteiger partial charge in [0.05, 0.1) is 6.33 Å². The van der Waals surface area contributed by atoms with Crippen LogP contribution in [0.3, 0.4) is 0 Å². The molecule has 0 bridgehead atoms. The molecule has 0 saturated carbocycles. The Hall–Kier alpha value is -1.80. The fourth-order valence-corrected chi connectivity index (χ4v) is 1.84. The van der Waals surface area contributed by atoms with Gasteiger partial charge in [-0.2, -0.15) is 0 Å². The molecule has 0 fully saturated rings. The fraction of sp³-hybridized carbons (Fsp3) is 0.222. The zero-order valence-electron chi connectivity index (χ0n) is 9.75.